The lowest BCUT2D eigenvalue weighted by Gasteiger charge is -1.91. The third kappa shape index (κ3) is 2.67. The maximum absolute atomic E-state index is 5.86. The standard InChI is InChI=1S/C8H8ClN3O.C2H6/c1-13-5-6-4-7-8(9)10-2-3-12(7)11-6;1-2/h2-4H,5H2,1H3;1-2H3. The van der Waals surface area contributed by atoms with E-state index in [0.717, 1.165) is 11.2 Å². The molecule has 0 saturated carbocycles. The fraction of sp³-hybridized carbons (Fsp3) is 0.400. The van der Waals surface area contributed by atoms with Crippen molar-refractivity contribution in [2.75, 3.05) is 7.11 Å². The molecule has 2 rings (SSSR count). The SMILES string of the molecule is CC.COCc1cc2c(Cl)nccn2n1. The average molecular weight is 228 g/mol. The van der Waals surface area contributed by atoms with Crippen molar-refractivity contribution in [3.05, 3.63) is 29.3 Å². The van der Waals surface area contributed by atoms with Gasteiger partial charge in [-0.1, -0.05) is 25.4 Å². The highest BCUT2D eigenvalue weighted by molar-refractivity contribution is 6.32. The van der Waals surface area contributed by atoms with Crippen LogP contribution < -0.4 is 0 Å². The molecular weight excluding hydrogens is 214 g/mol. The number of nitrogens with zero attached hydrogens (tertiary/aromatic N) is 3. The van der Waals surface area contributed by atoms with Crippen molar-refractivity contribution in [2.45, 2.75) is 20.5 Å². The monoisotopic (exact) mass is 227 g/mol. The zero-order chi connectivity index (χ0) is 11.3. The van der Waals surface area contributed by atoms with Gasteiger partial charge in [0.2, 0.25) is 0 Å². The van der Waals surface area contributed by atoms with E-state index < -0.39 is 0 Å². The second kappa shape index (κ2) is 5.68. The van der Waals surface area contributed by atoms with Gasteiger partial charge in [0, 0.05) is 19.5 Å². The highest BCUT2D eigenvalue weighted by Gasteiger charge is 2.04. The van der Waals surface area contributed by atoms with Gasteiger partial charge in [-0.3, -0.25) is 0 Å². The van der Waals surface area contributed by atoms with Crippen molar-refractivity contribution < 1.29 is 4.74 Å². The molecule has 0 fully saturated rings. The predicted molar refractivity (Wildman–Crippen MR) is 60.1 cm³/mol. The van der Waals surface area contributed by atoms with Crippen molar-refractivity contribution in [1.82, 2.24) is 14.6 Å². The highest BCUT2D eigenvalue weighted by atomic mass is 35.5. The van der Waals surface area contributed by atoms with E-state index in [4.69, 9.17) is 16.3 Å². The van der Waals surface area contributed by atoms with Gasteiger partial charge in [0.05, 0.1) is 12.3 Å². The van der Waals surface area contributed by atoms with Gasteiger partial charge in [-0.05, 0) is 6.07 Å². The molecule has 0 N–H and O–H groups in total. The molecule has 82 valence electrons. The lowest BCUT2D eigenvalue weighted by Crippen LogP contribution is -1.90. The summed E-state index contributed by atoms with van der Waals surface area (Å²) in [5.74, 6) is 0. The van der Waals surface area contributed by atoms with Crippen LogP contribution in [0.4, 0.5) is 0 Å². The predicted octanol–water partition coefficient (Wildman–Crippen LogP) is 2.56. The Balaban J connectivity index is 0.000000531. The highest BCUT2D eigenvalue weighted by Crippen LogP contribution is 2.14. The Morgan fingerprint density at radius 1 is 1.47 bits per heavy atom. The lowest BCUT2D eigenvalue weighted by molar-refractivity contribution is 0.181. The maximum Gasteiger partial charge on any atom is 0.154 e. The number of methoxy groups -OCH3 is 1. The van der Waals surface area contributed by atoms with Gasteiger partial charge in [-0.2, -0.15) is 5.10 Å². The summed E-state index contributed by atoms with van der Waals surface area (Å²) in [6, 6.07) is 1.86. The summed E-state index contributed by atoms with van der Waals surface area (Å²) in [7, 11) is 1.63. The van der Waals surface area contributed by atoms with Crippen LogP contribution in [0.2, 0.25) is 5.15 Å². The van der Waals surface area contributed by atoms with Crippen molar-refractivity contribution in [3.63, 3.8) is 0 Å². The first-order valence-electron chi connectivity index (χ1n) is 4.79. The van der Waals surface area contributed by atoms with Gasteiger partial charge in [0.15, 0.2) is 5.15 Å². The van der Waals surface area contributed by atoms with Crippen LogP contribution in [0.15, 0.2) is 18.5 Å². The maximum atomic E-state index is 5.86. The fourth-order valence-corrected chi connectivity index (χ4v) is 1.36. The molecule has 0 aliphatic rings. The van der Waals surface area contributed by atoms with Crippen LogP contribution in [0, 0.1) is 0 Å². The molecular formula is C10H14ClN3O. The van der Waals surface area contributed by atoms with E-state index in [1.54, 1.807) is 24.0 Å². The molecule has 2 heterocycles. The van der Waals surface area contributed by atoms with E-state index in [9.17, 15) is 0 Å². The van der Waals surface area contributed by atoms with Gasteiger partial charge in [0.25, 0.3) is 0 Å². The van der Waals surface area contributed by atoms with Crippen LogP contribution in [0.5, 0.6) is 0 Å². The molecule has 0 atom stereocenters. The summed E-state index contributed by atoms with van der Waals surface area (Å²) in [6.45, 7) is 4.48. The van der Waals surface area contributed by atoms with Crippen molar-refractivity contribution in [2.24, 2.45) is 0 Å². The molecule has 0 radical (unpaired) electrons. The lowest BCUT2D eigenvalue weighted by atomic mass is 10.4. The number of rotatable bonds is 2. The normalized spacial score (nSPS) is 9.87. The average Bonchev–Trinajstić information content (AvgIpc) is 2.66. The first-order chi connectivity index (χ1) is 7.31. The molecule has 0 aromatic carbocycles. The van der Waals surface area contributed by atoms with Crippen LogP contribution in [0.25, 0.3) is 5.52 Å². The Hall–Kier alpha value is -1.13. The minimum atomic E-state index is 0.456. The Kier molecular flexibility index (Phi) is 4.52. The van der Waals surface area contributed by atoms with E-state index in [1.807, 2.05) is 19.9 Å². The minimum absolute atomic E-state index is 0.456. The van der Waals surface area contributed by atoms with Crippen LogP contribution >= 0.6 is 11.6 Å². The number of hydrogen-bond acceptors (Lipinski definition) is 3. The zero-order valence-corrected chi connectivity index (χ0v) is 9.82. The fourth-order valence-electron chi connectivity index (χ4n) is 1.16. The minimum Gasteiger partial charge on any atom is -0.378 e. The molecule has 2 aromatic rings. The Morgan fingerprint density at radius 3 is 2.80 bits per heavy atom. The summed E-state index contributed by atoms with van der Waals surface area (Å²) < 4.78 is 6.64. The van der Waals surface area contributed by atoms with Crippen LogP contribution in [-0.4, -0.2) is 21.7 Å². The summed E-state index contributed by atoms with van der Waals surface area (Å²) in [4.78, 5) is 3.94. The number of ether oxygens (including phenoxy) is 1. The number of halogens is 1. The Bertz CT molecular complexity index is 428. The summed E-state index contributed by atoms with van der Waals surface area (Å²) in [5, 5.41) is 4.69. The Morgan fingerprint density at radius 2 is 2.20 bits per heavy atom. The van der Waals surface area contributed by atoms with Crippen LogP contribution in [0.3, 0.4) is 0 Å². The third-order valence-electron chi connectivity index (χ3n) is 1.69. The van der Waals surface area contributed by atoms with E-state index in [2.05, 4.69) is 10.1 Å². The third-order valence-corrected chi connectivity index (χ3v) is 1.98. The number of aromatic nitrogens is 3. The van der Waals surface area contributed by atoms with Crippen molar-refractivity contribution >= 4 is 17.1 Å². The van der Waals surface area contributed by atoms with Crippen molar-refractivity contribution in [1.29, 1.82) is 0 Å². The van der Waals surface area contributed by atoms with Gasteiger partial charge >= 0.3 is 0 Å². The smallest absolute Gasteiger partial charge is 0.154 e. The Labute approximate surface area is 93.8 Å². The quantitative estimate of drug-likeness (QED) is 0.792. The van der Waals surface area contributed by atoms with E-state index in [-0.39, 0.29) is 0 Å². The number of fused-ring (bicyclic) bond motifs is 1. The molecule has 0 amide bonds. The molecule has 0 saturated heterocycles. The first kappa shape index (κ1) is 11.9. The summed E-state index contributed by atoms with van der Waals surface area (Å²) in [5.41, 5.74) is 1.65. The second-order valence-electron chi connectivity index (χ2n) is 2.62. The molecule has 0 aliphatic heterocycles. The molecule has 4 nitrogen and oxygen atoms in total. The van der Waals surface area contributed by atoms with E-state index in [1.165, 1.54) is 0 Å². The molecule has 15 heavy (non-hydrogen) atoms. The molecule has 0 aliphatic carbocycles. The molecule has 0 unspecified atom stereocenters. The number of hydrogen-bond donors (Lipinski definition) is 0. The van der Waals surface area contributed by atoms with Gasteiger partial charge in [-0.15, -0.1) is 0 Å². The molecule has 0 bridgehead atoms. The van der Waals surface area contributed by atoms with Crippen LogP contribution in [-0.2, 0) is 11.3 Å². The van der Waals surface area contributed by atoms with Crippen LogP contribution in [0.1, 0.15) is 19.5 Å². The van der Waals surface area contributed by atoms with E-state index >= 15 is 0 Å². The second-order valence-corrected chi connectivity index (χ2v) is 2.97. The van der Waals surface area contributed by atoms with Crippen molar-refractivity contribution in [3.8, 4) is 0 Å². The van der Waals surface area contributed by atoms with Gasteiger partial charge < -0.3 is 4.74 Å². The van der Waals surface area contributed by atoms with Gasteiger partial charge in [-0.25, -0.2) is 9.50 Å². The van der Waals surface area contributed by atoms with E-state index in [0.29, 0.717) is 11.8 Å². The summed E-state index contributed by atoms with van der Waals surface area (Å²) >= 11 is 5.86. The summed E-state index contributed by atoms with van der Waals surface area (Å²) in [6.07, 6.45) is 3.36. The zero-order valence-electron chi connectivity index (χ0n) is 9.07. The topological polar surface area (TPSA) is 39.4 Å². The largest absolute Gasteiger partial charge is 0.378 e. The molecule has 0 spiro atoms. The molecule has 5 heteroatoms. The van der Waals surface area contributed by atoms with Gasteiger partial charge in [0.1, 0.15) is 5.52 Å². The molecule has 2 aromatic heterocycles. The first-order valence-corrected chi connectivity index (χ1v) is 5.17.